The summed E-state index contributed by atoms with van der Waals surface area (Å²) in [6.45, 7) is 8.40. The Morgan fingerprint density at radius 3 is 1.90 bits per heavy atom. The Bertz CT molecular complexity index is 283. The van der Waals surface area contributed by atoms with Crippen LogP contribution in [-0.4, -0.2) is 45.2 Å². The first kappa shape index (κ1) is 19.3. The van der Waals surface area contributed by atoms with E-state index in [1.54, 1.807) is 0 Å². The van der Waals surface area contributed by atoms with Crippen molar-refractivity contribution in [3.8, 4) is 0 Å². The van der Waals surface area contributed by atoms with Crippen molar-refractivity contribution < 1.29 is 28.5 Å². The second-order valence-corrected chi connectivity index (χ2v) is 4.09. The van der Waals surface area contributed by atoms with Gasteiger partial charge >= 0.3 is 11.9 Å². The molecule has 0 bridgehead atoms. The van der Waals surface area contributed by atoms with Crippen molar-refractivity contribution in [1.82, 2.24) is 0 Å². The van der Waals surface area contributed by atoms with E-state index in [0.29, 0.717) is 19.8 Å². The second-order valence-electron chi connectivity index (χ2n) is 4.09. The van der Waals surface area contributed by atoms with Crippen molar-refractivity contribution in [2.24, 2.45) is 0 Å². The van der Waals surface area contributed by atoms with Crippen molar-refractivity contribution in [3.05, 3.63) is 25.3 Å². The van der Waals surface area contributed by atoms with Crippen LogP contribution in [0.3, 0.4) is 0 Å². The Hall–Kier alpha value is -1.66. The monoisotopic (exact) mass is 300 g/mol. The number of hydrogen-bond acceptors (Lipinski definition) is 6. The minimum Gasteiger partial charge on any atom is -0.460 e. The number of ether oxygens (including phenoxy) is 4. The molecule has 0 atom stereocenters. The Morgan fingerprint density at radius 2 is 1.29 bits per heavy atom. The zero-order valence-corrected chi connectivity index (χ0v) is 12.4. The molecule has 0 saturated heterocycles. The molecule has 0 aromatic rings. The molecule has 6 nitrogen and oxygen atoms in total. The summed E-state index contributed by atoms with van der Waals surface area (Å²) >= 11 is 0. The molecule has 0 rings (SSSR count). The van der Waals surface area contributed by atoms with Crippen molar-refractivity contribution in [2.45, 2.75) is 25.7 Å². The summed E-state index contributed by atoms with van der Waals surface area (Å²) < 4.78 is 19.8. The Morgan fingerprint density at radius 1 is 0.714 bits per heavy atom. The average molecular weight is 300 g/mol. The van der Waals surface area contributed by atoms with Crippen molar-refractivity contribution in [1.29, 1.82) is 0 Å². The van der Waals surface area contributed by atoms with Crippen LogP contribution in [0.4, 0.5) is 0 Å². The van der Waals surface area contributed by atoms with Crippen LogP contribution in [-0.2, 0) is 28.5 Å². The third-order valence-corrected chi connectivity index (χ3v) is 2.42. The number of rotatable bonds is 14. The summed E-state index contributed by atoms with van der Waals surface area (Å²) in [6.07, 6.45) is 6.12. The van der Waals surface area contributed by atoms with E-state index >= 15 is 0 Å². The molecule has 6 heteroatoms. The van der Waals surface area contributed by atoms with Gasteiger partial charge in [-0.25, -0.2) is 9.59 Å². The lowest BCUT2D eigenvalue weighted by molar-refractivity contribution is -0.150. The highest BCUT2D eigenvalue weighted by atomic mass is 16.7. The zero-order chi connectivity index (χ0) is 15.8. The number of carbonyl (C=O) groups excluding carboxylic acids is 2. The van der Waals surface area contributed by atoms with Crippen LogP contribution >= 0.6 is 0 Å². The van der Waals surface area contributed by atoms with Gasteiger partial charge in [0.25, 0.3) is 0 Å². The molecule has 120 valence electrons. The van der Waals surface area contributed by atoms with Gasteiger partial charge in [-0.1, -0.05) is 26.0 Å². The van der Waals surface area contributed by atoms with Gasteiger partial charge in [0, 0.05) is 18.8 Å². The lowest BCUT2D eigenvalue weighted by Gasteiger charge is -2.05. The van der Waals surface area contributed by atoms with Gasteiger partial charge in [-0.15, -0.1) is 0 Å². The summed E-state index contributed by atoms with van der Waals surface area (Å²) in [5.74, 6) is -0.914. The maximum atomic E-state index is 10.7. The van der Waals surface area contributed by atoms with Gasteiger partial charge in [0.2, 0.25) is 0 Å². The number of unbranched alkanes of at least 4 members (excludes halogenated alkanes) is 3. The van der Waals surface area contributed by atoms with Crippen LogP contribution in [0.25, 0.3) is 0 Å². The Kier molecular flexibility index (Phi) is 13.6. The smallest absolute Gasteiger partial charge is 0.332 e. The van der Waals surface area contributed by atoms with Crippen molar-refractivity contribution in [3.63, 3.8) is 0 Å². The molecule has 21 heavy (non-hydrogen) atoms. The van der Waals surface area contributed by atoms with Gasteiger partial charge in [-0.3, -0.25) is 0 Å². The summed E-state index contributed by atoms with van der Waals surface area (Å²) in [4.78, 5) is 21.4. The van der Waals surface area contributed by atoms with E-state index < -0.39 is 11.9 Å². The van der Waals surface area contributed by atoms with E-state index in [4.69, 9.17) is 14.2 Å². The highest BCUT2D eigenvalue weighted by Gasteiger charge is 1.96. The van der Waals surface area contributed by atoms with Gasteiger partial charge in [0.1, 0.15) is 6.61 Å². The molecule has 0 aromatic heterocycles. The van der Waals surface area contributed by atoms with Crippen molar-refractivity contribution >= 4 is 11.9 Å². The molecule has 0 aliphatic rings. The summed E-state index contributed by atoms with van der Waals surface area (Å²) in [6, 6.07) is 0. The largest absolute Gasteiger partial charge is 0.460 e. The van der Waals surface area contributed by atoms with Crippen LogP contribution in [0.5, 0.6) is 0 Å². The van der Waals surface area contributed by atoms with E-state index in [9.17, 15) is 9.59 Å². The first-order valence-corrected chi connectivity index (χ1v) is 6.94. The van der Waals surface area contributed by atoms with Crippen LogP contribution in [0, 0.1) is 0 Å². The van der Waals surface area contributed by atoms with E-state index in [2.05, 4.69) is 17.9 Å². The third-order valence-electron chi connectivity index (χ3n) is 2.42. The average Bonchev–Trinajstić information content (AvgIpc) is 2.51. The van der Waals surface area contributed by atoms with Crippen LogP contribution in [0.1, 0.15) is 25.7 Å². The van der Waals surface area contributed by atoms with E-state index in [0.717, 1.165) is 37.8 Å². The fraction of sp³-hybridized carbons (Fsp3) is 0.600. The molecule has 0 radical (unpaired) electrons. The van der Waals surface area contributed by atoms with Gasteiger partial charge in [-0.05, 0) is 12.8 Å². The topological polar surface area (TPSA) is 71.1 Å². The SMILES string of the molecule is C=CC(=O)OCCOCCCCCCOCOC(=O)C=C. The van der Waals surface area contributed by atoms with Gasteiger partial charge < -0.3 is 18.9 Å². The highest BCUT2D eigenvalue weighted by molar-refractivity contribution is 5.81. The zero-order valence-electron chi connectivity index (χ0n) is 12.4. The lowest BCUT2D eigenvalue weighted by atomic mass is 10.2. The Balaban J connectivity index is 3.09. The van der Waals surface area contributed by atoms with Crippen LogP contribution in [0.2, 0.25) is 0 Å². The molecule has 0 spiro atoms. The quantitative estimate of drug-likeness (QED) is 0.211. The van der Waals surface area contributed by atoms with Crippen LogP contribution < -0.4 is 0 Å². The van der Waals surface area contributed by atoms with E-state index in [1.807, 2.05) is 0 Å². The third kappa shape index (κ3) is 14.6. The predicted octanol–water partition coefficient (Wildman–Crippen LogP) is 2.00. The molecule has 0 aliphatic heterocycles. The van der Waals surface area contributed by atoms with Gasteiger partial charge in [0.15, 0.2) is 6.79 Å². The molecule has 0 amide bonds. The maximum absolute atomic E-state index is 10.7. The second kappa shape index (κ2) is 14.7. The molecule has 0 saturated carbocycles. The first-order valence-electron chi connectivity index (χ1n) is 6.94. The molecule has 0 aromatic carbocycles. The molecule has 0 fully saturated rings. The van der Waals surface area contributed by atoms with Gasteiger partial charge in [0.05, 0.1) is 13.2 Å². The summed E-state index contributed by atoms with van der Waals surface area (Å²) in [5.41, 5.74) is 0. The molecule has 0 heterocycles. The fourth-order valence-electron chi connectivity index (χ4n) is 1.34. The Labute approximate surface area is 125 Å². The van der Waals surface area contributed by atoms with E-state index in [-0.39, 0.29) is 13.4 Å². The molecule has 0 aliphatic carbocycles. The molecular weight excluding hydrogens is 276 g/mol. The van der Waals surface area contributed by atoms with E-state index in [1.165, 1.54) is 0 Å². The minimum atomic E-state index is -0.481. The minimum absolute atomic E-state index is 0.0304. The summed E-state index contributed by atoms with van der Waals surface area (Å²) in [5, 5.41) is 0. The highest BCUT2D eigenvalue weighted by Crippen LogP contribution is 2.00. The predicted molar refractivity (Wildman–Crippen MR) is 77.6 cm³/mol. The molecule has 0 N–H and O–H groups in total. The first-order chi connectivity index (χ1) is 10.2. The maximum Gasteiger partial charge on any atom is 0.332 e. The number of esters is 2. The summed E-state index contributed by atoms with van der Waals surface area (Å²) in [7, 11) is 0. The number of hydrogen-bond donors (Lipinski definition) is 0. The van der Waals surface area contributed by atoms with Crippen molar-refractivity contribution in [2.75, 3.05) is 33.2 Å². The molecule has 0 unspecified atom stereocenters. The van der Waals surface area contributed by atoms with Gasteiger partial charge in [-0.2, -0.15) is 0 Å². The fourth-order valence-corrected chi connectivity index (χ4v) is 1.34. The number of carbonyl (C=O) groups is 2. The normalized spacial score (nSPS) is 9.90. The lowest BCUT2D eigenvalue weighted by Crippen LogP contribution is -2.09. The molecular formula is C15H24O6. The standard InChI is InChI=1S/C15H24O6/c1-3-14(16)20-12-11-18-9-7-5-6-8-10-19-13-21-15(17)4-2/h3-4H,1-2,5-13H2. The van der Waals surface area contributed by atoms with Crippen LogP contribution in [0.15, 0.2) is 25.3 Å².